The molecule has 0 saturated carbocycles. The summed E-state index contributed by atoms with van der Waals surface area (Å²) < 4.78 is 11.0. The summed E-state index contributed by atoms with van der Waals surface area (Å²) in [4.78, 5) is 24.0. The van der Waals surface area contributed by atoms with Gasteiger partial charge in [0.1, 0.15) is 0 Å². The van der Waals surface area contributed by atoms with Gasteiger partial charge in [-0.1, -0.05) is 20.8 Å². The van der Waals surface area contributed by atoms with Crippen LogP contribution in [0.4, 0.5) is 0 Å². The number of nitrogens with one attached hydrogen (secondary N) is 2. The standard InChI is InChI=1S/C18H28N2O4/c1-6-23-14-9-8-13(10-15(14)24-7-2)17(22)19-11-16(21)20-12-18(3,4)5/h8-10H,6-7,11-12H2,1-5H3,(H,19,22)(H,20,21). The fourth-order valence-electron chi connectivity index (χ4n) is 1.88. The van der Waals surface area contributed by atoms with Crippen molar-refractivity contribution >= 4 is 11.8 Å². The molecule has 1 aromatic rings. The van der Waals surface area contributed by atoms with Gasteiger partial charge in [0.05, 0.1) is 19.8 Å². The summed E-state index contributed by atoms with van der Waals surface area (Å²) in [6.07, 6.45) is 0. The lowest BCUT2D eigenvalue weighted by atomic mass is 9.97. The van der Waals surface area contributed by atoms with E-state index in [4.69, 9.17) is 9.47 Å². The van der Waals surface area contributed by atoms with Gasteiger partial charge in [-0.3, -0.25) is 9.59 Å². The summed E-state index contributed by atoms with van der Waals surface area (Å²) in [5.41, 5.74) is 0.423. The van der Waals surface area contributed by atoms with Crippen LogP contribution in [0.5, 0.6) is 11.5 Å². The van der Waals surface area contributed by atoms with Crippen LogP contribution >= 0.6 is 0 Å². The molecule has 0 aliphatic heterocycles. The van der Waals surface area contributed by atoms with Crippen molar-refractivity contribution in [3.8, 4) is 11.5 Å². The molecule has 0 unspecified atom stereocenters. The Balaban J connectivity index is 2.64. The first-order chi connectivity index (χ1) is 11.3. The van der Waals surface area contributed by atoms with E-state index < -0.39 is 0 Å². The monoisotopic (exact) mass is 336 g/mol. The Morgan fingerprint density at radius 3 is 2.21 bits per heavy atom. The van der Waals surface area contributed by atoms with Crippen molar-refractivity contribution in [1.82, 2.24) is 10.6 Å². The quantitative estimate of drug-likeness (QED) is 0.764. The van der Waals surface area contributed by atoms with Gasteiger partial charge in [0.25, 0.3) is 5.91 Å². The molecule has 0 aliphatic carbocycles. The molecule has 6 heteroatoms. The second kappa shape index (κ2) is 9.15. The Labute approximate surface area is 143 Å². The second-order valence-corrected chi connectivity index (χ2v) is 6.55. The van der Waals surface area contributed by atoms with E-state index in [1.807, 2.05) is 34.6 Å². The maximum atomic E-state index is 12.2. The maximum Gasteiger partial charge on any atom is 0.251 e. The number of carbonyl (C=O) groups excluding carboxylic acids is 2. The average Bonchev–Trinajstić information content (AvgIpc) is 2.52. The Morgan fingerprint density at radius 1 is 1.00 bits per heavy atom. The lowest BCUT2D eigenvalue weighted by Gasteiger charge is -2.18. The minimum atomic E-state index is -0.329. The molecule has 0 saturated heterocycles. The number of ether oxygens (including phenoxy) is 2. The Kier molecular flexibility index (Phi) is 7.55. The number of rotatable bonds is 8. The van der Waals surface area contributed by atoms with Gasteiger partial charge >= 0.3 is 0 Å². The van der Waals surface area contributed by atoms with Crippen molar-refractivity contribution < 1.29 is 19.1 Å². The highest BCUT2D eigenvalue weighted by Gasteiger charge is 2.14. The third kappa shape index (κ3) is 6.89. The van der Waals surface area contributed by atoms with E-state index >= 15 is 0 Å². The summed E-state index contributed by atoms with van der Waals surface area (Å²) in [6.45, 7) is 11.3. The first-order valence-electron chi connectivity index (χ1n) is 8.21. The molecule has 0 bridgehead atoms. The largest absolute Gasteiger partial charge is 0.490 e. The minimum absolute atomic E-state index is 0.00116. The van der Waals surface area contributed by atoms with Crippen molar-refractivity contribution in [2.24, 2.45) is 5.41 Å². The van der Waals surface area contributed by atoms with Gasteiger partial charge in [-0.2, -0.15) is 0 Å². The molecule has 0 aromatic heterocycles. The zero-order chi connectivity index (χ0) is 18.2. The van der Waals surface area contributed by atoms with E-state index in [1.165, 1.54) is 0 Å². The van der Waals surface area contributed by atoms with Gasteiger partial charge < -0.3 is 20.1 Å². The van der Waals surface area contributed by atoms with Crippen molar-refractivity contribution in [3.05, 3.63) is 23.8 Å². The zero-order valence-corrected chi connectivity index (χ0v) is 15.2. The number of amides is 2. The molecule has 0 fully saturated rings. The molecule has 0 spiro atoms. The van der Waals surface area contributed by atoms with Crippen LogP contribution in [-0.2, 0) is 4.79 Å². The van der Waals surface area contributed by atoms with Gasteiger partial charge in [0.15, 0.2) is 11.5 Å². The summed E-state index contributed by atoms with van der Waals surface area (Å²) in [5.74, 6) is 0.571. The van der Waals surface area contributed by atoms with Crippen LogP contribution in [0.1, 0.15) is 45.0 Å². The first kappa shape index (κ1) is 19.8. The molecule has 2 amide bonds. The molecule has 24 heavy (non-hydrogen) atoms. The number of benzene rings is 1. The normalized spacial score (nSPS) is 10.9. The van der Waals surface area contributed by atoms with E-state index in [2.05, 4.69) is 10.6 Å². The number of hydrogen-bond acceptors (Lipinski definition) is 4. The number of carbonyl (C=O) groups is 2. The lowest BCUT2D eigenvalue weighted by molar-refractivity contribution is -0.120. The Bertz CT molecular complexity index is 565. The molecule has 0 atom stereocenters. The zero-order valence-electron chi connectivity index (χ0n) is 15.2. The second-order valence-electron chi connectivity index (χ2n) is 6.55. The van der Waals surface area contributed by atoms with Crippen molar-refractivity contribution in [1.29, 1.82) is 0 Å². The smallest absolute Gasteiger partial charge is 0.251 e. The van der Waals surface area contributed by atoms with Crippen molar-refractivity contribution in [2.45, 2.75) is 34.6 Å². The van der Waals surface area contributed by atoms with Gasteiger partial charge in [-0.15, -0.1) is 0 Å². The molecular weight excluding hydrogens is 308 g/mol. The van der Waals surface area contributed by atoms with Crippen LogP contribution in [0, 0.1) is 5.41 Å². The van der Waals surface area contributed by atoms with Crippen molar-refractivity contribution in [3.63, 3.8) is 0 Å². The summed E-state index contributed by atoms with van der Waals surface area (Å²) in [6, 6.07) is 4.97. The van der Waals surface area contributed by atoms with Gasteiger partial charge in [0.2, 0.25) is 5.91 Å². The van der Waals surface area contributed by atoms with Gasteiger partial charge in [0, 0.05) is 12.1 Å². The SMILES string of the molecule is CCOc1ccc(C(=O)NCC(=O)NCC(C)(C)C)cc1OCC. The van der Waals surface area contributed by atoms with Gasteiger partial charge in [-0.05, 0) is 37.5 Å². The molecule has 2 N–H and O–H groups in total. The maximum absolute atomic E-state index is 12.2. The molecular formula is C18H28N2O4. The Hall–Kier alpha value is -2.24. The molecule has 1 rings (SSSR count). The highest BCUT2D eigenvalue weighted by atomic mass is 16.5. The van der Waals surface area contributed by atoms with Crippen LogP contribution in [0.2, 0.25) is 0 Å². The molecule has 1 aromatic carbocycles. The minimum Gasteiger partial charge on any atom is -0.490 e. The van der Waals surface area contributed by atoms with Crippen molar-refractivity contribution in [2.75, 3.05) is 26.3 Å². The van der Waals surface area contributed by atoms with Crippen LogP contribution in [0.25, 0.3) is 0 Å². The summed E-state index contributed by atoms with van der Waals surface area (Å²) >= 11 is 0. The van der Waals surface area contributed by atoms with Crippen LogP contribution < -0.4 is 20.1 Å². The third-order valence-electron chi connectivity index (χ3n) is 3.03. The molecule has 0 radical (unpaired) electrons. The average molecular weight is 336 g/mol. The molecule has 0 aliphatic rings. The van der Waals surface area contributed by atoms with Crippen LogP contribution in [0.3, 0.4) is 0 Å². The fourth-order valence-corrected chi connectivity index (χ4v) is 1.88. The van der Waals surface area contributed by atoms with E-state index in [1.54, 1.807) is 18.2 Å². The predicted octanol–water partition coefficient (Wildman–Crippen LogP) is 2.38. The number of hydrogen-bond donors (Lipinski definition) is 2. The Morgan fingerprint density at radius 2 is 1.62 bits per heavy atom. The molecule has 0 heterocycles. The van der Waals surface area contributed by atoms with Gasteiger partial charge in [-0.25, -0.2) is 0 Å². The van der Waals surface area contributed by atoms with E-state index in [-0.39, 0.29) is 23.8 Å². The van der Waals surface area contributed by atoms with E-state index in [0.717, 1.165) is 0 Å². The fraction of sp³-hybridized carbons (Fsp3) is 0.556. The van der Waals surface area contributed by atoms with E-state index in [0.29, 0.717) is 36.8 Å². The third-order valence-corrected chi connectivity index (χ3v) is 3.03. The topological polar surface area (TPSA) is 76.7 Å². The predicted molar refractivity (Wildman–Crippen MR) is 93.6 cm³/mol. The summed E-state index contributed by atoms with van der Waals surface area (Å²) in [7, 11) is 0. The summed E-state index contributed by atoms with van der Waals surface area (Å²) in [5, 5.41) is 5.40. The highest BCUT2D eigenvalue weighted by Crippen LogP contribution is 2.28. The van der Waals surface area contributed by atoms with Crippen LogP contribution in [-0.4, -0.2) is 38.1 Å². The van der Waals surface area contributed by atoms with E-state index in [9.17, 15) is 9.59 Å². The first-order valence-corrected chi connectivity index (χ1v) is 8.21. The molecule has 6 nitrogen and oxygen atoms in total. The van der Waals surface area contributed by atoms with Crippen LogP contribution in [0.15, 0.2) is 18.2 Å². The molecule has 134 valence electrons. The lowest BCUT2D eigenvalue weighted by Crippen LogP contribution is -2.40. The highest BCUT2D eigenvalue weighted by molar-refractivity contribution is 5.97.